The van der Waals surface area contributed by atoms with Crippen LogP contribution in [0.3, 0.4) is 0 Å². The van der Waals surface area contributed by atoms with E-state index in [0.717, 1.165) is 25.7 Å². The van der Waals surface area contributed by atoms with Gasteiger partial charge < -0.3 is 5.11 Å². The fourth-order valence-electron chi connectivity index (χ4n) is 2.57. The van der Waals surface area contributed by atoms with E-state index in [4.69, 9.17) is 0 Å². The van der Waals surface area contributed by atoms with Crippen LogP contribution in [0, 0.1) is 11.3 Å². The van der Waals surface area contributed by atoms with Crippen LogP contribution in [0.25, 0.3) is 0 Å². The summed E-state index contributed by atoms with van der Waals surface area (Å²) in [5.74, 6) is -0.167. The molecule has 0 aromatic carbocycles. The second-order valence-corrected chi connectivity index (χ2v) is 7.59. The molecule has 6 heteroatoms. The normalized spacial score (nSPS) is 23.1. The van der Waals surface area contributed by atoms with Crippen molar-refractivity contribution in [1.82, 2.24) is 4.72 Å². The van der Waals surface area contributed by atoms with Crippen molar-refractivity contribution in [1.29, 1.82) is 0 Å². The third kappa shape index (κ3) is 3.45. The Bertz CT molecular complexity index is 408. The van der Waals surface area contributed by atoms with Crippen LogP contribution in [0.15, 0.2) is 0 Å². The van der Waals surface area contributed by atoms with E-state index in [9.17, 15) is 18.3 Å². The van der Waals surface area contributed by atoms with Gasteiger partial charge in [-0.25, -0.2) is 13.1 Å². The largest absolute Gasteiger partial charge is 0.481 e. The Labute approximate surface area is 108 Å². The maximum Gasteiger partial charge on any atom is 0.310 e. The standard InChI is InChI=1S/C12H21NO4S/c14-11(15)12(6-1-2-7-12)9-13-18(16,17)8-5-10-3-4-10/h10,13H,1-9H2,(H,14,15). The van der Waals surface area contributed by atoms with Gasteiger partial charge >= 0.3 is 5.97 Å². The summed E-state index contributed by atoms with van der Waals surface area (Å²) >= 11 is 0. The molecule has 0 atom stereocenters. The fourth-order valence-corrected chi connectivity index (χ4v) is 3.85. The Morgan fingerprint density at radius 1 is 1.28 bits per heavy atom. The monoisotopic (exact) mass is 275 g/mol. The van der Waals surface area contributed by atoms with Crippen molar-refractivity contribution < 1.29 is 18.3 Å². The third-order valence-corrected chi connectivity index (χ3v) is 5.49. The highest BCUT2D eigenvalue weighted by atomic mass is 32.2. The van der Waals surface area contributed by atoms with E-state index in [-0.39, 0.29) is 12.3 Å². The lowest BCUT2D eigenvalue weighted by atomic mass is 9.87. The molecule has 2 aliphatic rings. The first-order chi connectivity index (χ1) is 8.44. The van der Waals surface area contributed by atoms with Gasteiger partial charge in [-0.2, -0.15) is 0 Å². The van der Waals surface area contributed by atoms with Crippen molar-refractivity contribution in [2.75, 3.05) is 12.3 Å². The highest BCUT2D eigenvalue weighted by molar-refractivity contribution is 7.89. The molecule has 2 N–H and O–H groups in total. The van der Waals surface area contributed by atoms with Crippen LogP contribution >= 0.6 is 0 Å². The summed E-state index contributed by atoms with van der Waals surface area (Å²) in [6.45, 7) is 0.0509. The van der Waals surface area contributed by atoms with Crippen LogP contribution in [-0.4, -0.2) is 31.8 Å². The molecule has 2 saturated carbocycles. The van der Waals surface area contributed by atoms with Crippen molar-refractivity contribution in [2.24, 2.45) is 11.3 Å². The molecule has 104 valence electrons. The fraction of sp³-hybridized carbons (Fsp3) is 0.917. The van der Waals surface area contributed by atoms with E-state index in [1.807, 2.05) is 0 Å². The molecule has 5 nitrogen and oxygen atoms in total. The lowest BCUT2D eigenvalue weighted by Crippen LogP contribution is -2.42. The second kappa shape index (κ2) is 5.17. The van der Waals surface area contributed by atoms with Gasteiger partial charge in [-0.05, 0) is 25.2 Å². The molecular formula is C12H21NO4S. The van der Waals surface area contributed by atoms with Crippen molar-refractivity contribution in [2.45, 2.75) is 44.9 Å². The summed E-state index contributed by atoms with van der Waals surface area (Å²) in [7, 11) is -3.31. The number of sulfonamides is 1. The number of hydrogen-bond donors (Lipinski definition) is 2. The number of carboxylic acids is 1. The number of hydrogen-bond acceptors (Lipinski definition) is 3. The lowest BCUT2D eigenvalue weighted by molar-refractivity contribution is -0.148. The zero-order chi connectivity index (χ0) is 13.2. The minimum Gasteiger partial charge on any atom is -0.481 e. The molecule has 0 aliphatic heterocycles. The minimum atomic E-state index is -3.31. The molecule has 0 saturated heterocycles. The Morgan fingerprint density at radius 2 is 1.89 bits per heavy atom. The maximum absolute atomic E-state index is 11.8. The molecule has 18 heavy (non-hydrogen) atoms. The van der Waals surface area contributed by atoms with Gasteiger partial charge in [0.1, 0.15) is 0 Å². The first kappa shape index (κ1) is 13.8. The van der Waals surface area contributed by atoms with Gasteiger partial charge in [0, 0.05) is 6.54 Å². The number of carbonyl (C=O) groups is 1. The quantitative estimate of drug-likeness (QED) is 0.734. The van der Waals surface area contributed by atoms with E-state index in [1.165, 1.54) is 0 Å². The topological polar surface area (TPSA) is 83.5 Å². The van der Waals surface area contributed by atoms with Gasteiger partial charge in [-0.1, -0.05) is 25.7 Å². The van der Waals surface area contributed by atoms with Crippen LogP contribution in [0.2, 0.25) is 0 Å². The molecule has 0 amide bonds. The molecule has 2 fully saturated rings. The van der Waals surface area contributed by atoms with Crippen LogP contribution in [0.5, 0.6) is 0 Å². The number of aliphatic carboxylic acids is 1. The molecule has 0 aromatic rings. The SMILES string of the molecule is O=C(O)C1(CNS(=O)(=O)CCC2CC2)CCCC1. The Balaban J connectivity index is 1.86. The zero-order valence-corrected chi connectivity index (χ0v) is 11.3. The maximum atomic E-state index is 11.8. The highest BCUT2D eigenvalue weighted by Crippen LogP contribution is 2.38. The Hall–Kier alpha value is -0.620. The van der Waals surface area contributed by atoms with E-state index < -0.39 is 21.4 Å². The van der Waals surface area contributed by atoms with Crippen LogP contribution in [0.1, 0.15) is 44.9 Å². The average molecular weight is 275 g/mol. The van der Waals surface area contributed by atoms with Gasteiger partial charge in [0.25, 0.3) is 0 Å². The summed E-state index contributed by atoms with van der Waals surface area (Å²) in [6.07, 6.45) is 5.87. The number of rotatable bonds is 7. The first-order valence-corrected chi connectivity index (χ1v) is 8.30. The molecule has 0 aromatic heterocycles. The average Bonchev–Trinajstić information content (AvgIpc) is 3.01. The summed E-state index contributed by atoms with van der Waals surface area (Å²) in [5, 5.41) is 9.25. The second-order valence-electron chi connectivity index (χ2n) is 5.66. The van der Waals surface area contributed by atoms with Gasteiger partial charge in [0.05, 0.1) is 11.2 Å². The van der Waals surface area contributed by atoms with Crippen LogP contribution in [0.4, 0.5) is 0 Å². The van der Waals surface area contributed by atoms with Crippen molar-refractivity contribution in [3.05, 3.63) is 0 Å². The smallest absolute Gasteiger partial charge is 0.310 e. The zero-order valence-electron chi connectivity index (χ0n) is 10.5. The predicted molar refractivity (Wildman–Crippen MR) is 67.7 cm³/mol. The number of carboxylic acid groups (broad SMARTS) is 1. The molecular weight excluding hydrogens is 254 g/mol. The van der Waals surface area contributed by atoms with E-state index in [1.54, 1.807) is 0 Å². The Morgan fingerprint density at radius 3 is 2.39 bits per heavy atom. The molecule has 0 heterocycles. The van der Waals surface area contributed by atoms with Crippen molar-refractivity contribution >= 4 is 16.0 Å². The number of nitrogens with one attached hydrogen (secondary N) is 1. The predicted octanol–water partition coefficient (Wildman–Crippen LogP) is 1.35. The summed E-state index contributed by atoms with van der Waals surface area (Å²) in [4.78, 5) is 11.3. The molecule has 0 spiro atoms. The molecule has 0 radical (unpaired) electrons. The van der Waals surface area contributed by atoms with Crippen LogP contribution < -0.4 is 4.72 Å². The van der Waals surface area contributed by atoms with Crippen molar-refractivity contribution in [3.63, 3.8) is 0 Å². The molecule has 0 bridgehead atoms. The Kier molecular flexibility index (Phi) is 3.96. The summed E-state index contributed by atoms with van der Waals surface area (Å²) in [6, 6.07) is 0. The first-order valence-electron chi connectivity index (χ1n) is 6.64. The van der Waals surface area contributed by atoms with E-state index >= 15 is 0 Å². The van der Waals surface area contributed by atoms with E-state index in [0.29, 0.717) is 25.2 Å². The van der Waals surface area contributed by atoms with Gasteiger partial charge in [-0.15, -0.1) is 0 Å². The third-order valence-electron chi connectivity index (χ3n) is 4.14. The van der Waals surface area contributed by atoms with E-state index in [2.05, 4.69) is 4.72 Å². The highest BCUT2D eigenvalue weighted by Gasteiger charge is 2.41. The van der Waals surface area contributed by atoms with Gasteiger partial charge in [0.15, 0.2) is 0 Å². The van der Waals surface area contributed by atoms with Crippen molar-refractivity contribution in [3.8, 4) is 0 Å². The van der Waals surface area contributed by atoms with Gasteiger partial charge in [0.2, 0.25) is 10.0 Å². The van der Waals surface area contributed by atoms with Gasteiger partial charge in [-0.3, -0.25) is 4.79 Å². The minimum absolute atomic E-state index is 0.0509. The molecule has 2 rings (SSSR count). The summed E-state index contributed by atoms with van der Waals surface area (Å²) in [5.41, 5.74) is -0.868. The van der Waals surface area contributed by atoms with Crippen LogP contribution in [-0.2, 0) is 14.8 Å². The molecule has 2 aliphatic carbocycles. The summed E-state index contributed by atoms with van der Waals surface area (Å²) < 4.78 is 26.1. The lowest BCUT2D eigenvalue weighted by Gasteiger charge is -2.23. The molecule has 0 unspecified atom stereocenters.